The molecule has 0 fully saturated rings. The maximum Gasteiger partial charge on any atom is 0.244 e. The number of nitrogens with one attached hydrogen (secondary N) is 1. The lowest BCUT2D eigenvalue weighted by atomic mass is 9.98. The predicted molar refractivity (Wildman–Crippen MR) is 86.5 cm³/mol. The van der Waals surface area contributed by atoms with Crippen molar-refractivity contribution in [2.75, 3.05) is 6.61 Å². The molecule has 0 bridgehead atoms. The Morgan fingerprint density at radius 2 is 1.81 bits per heavy atom. The molecule has 1 unspecified atom stereocenters. The first-order valence-corrected chi connectivity index (χ1v) is 9.00. The Balaban J connectivity index is 3.40. The number of benzene rings is 1. The molecular formula is C16H27NO3S. The third-order valence-electron chi connectivity index (χ3n) is 3.51. The van der Waals surface area contributed by atoms with Gasteiger partial charge in [0.15, 0.2) is 0 Å². The van der Waals surface area contributed by atoms with Crippen molar-refractivity contribution >= 4 is 10.0 Å². The average Bonchev–Trinajstić information content (AvgIpc) is 2.37. The molecule has 1 atom stereocenters. The number of ether oxygens (including phenoxy) is 1. The lowest BCUT2D eigenvalue weighted by molar-refractivity contribution is 0.330. The average molecular weight is 313 g/mol. The van der Waals surface area contributed by atoms with Gasteiger partial charge in [-0.05, 0) is 56.4 Å². The number of hydrogen-bond acceptors (Lipinski definition) is 3. The van der Waals surface area contributed by atoms with E-state index in [4.69, 9.17) is 4.74 Å². The molecule has 0 aromatic heterocycles. The number of sulfonamides is 1. The molecule has 0 amide bonds. The third kappa shape index (κ3) is 4.45. The molecule has 0 aliphatic carbocycles. The first kappa shape index (κ1) is 18.0. The molecular weight excluding hydrogens is 286 g/mol. The van der Waals surface area contributed by atoms with Gasteiger partial charge >= 0.3 is 0 Å². The maximum absolute atomic E-state index is 12.6. The van der Waals surface area contributed by atoms with Gasteiger partial charge in [-0.2, -0.15) is 0 Å². The van der Waals surface area contributed by atoms with Crippen molar-refractivity contribution < 1.29 is 13.2 Å². The van der Waals surface area contributed by atoms with E-state index in [1.807, 2.05) is 33.8 Å². The standard InChI is InChI=1S/C16H27NO3S/c1-7-13(6)17-21(18,19)16-10-14(11(3)4)12(5)9-15(16)20-8-2/h9-11,13,17H,7-8H2,1-6H3. The van der Waals surface area contributed by atoms with Crippen molar-refractivity contribution in [2.24, 2.45) is 0 Å². The molecule has 5 heteroatoms. The van der Waals surface area contributed by atoms with Crippen LogP contribution in [0.4, 0.5) is 0 Å². The van der Waals surface area contributed by atoms with Gasteiger partial charge in [0, 0.05) is 6.04 Å². The molecule has 1 aromatic rings. The molecule has 1 rings (SSSR count). The number of aryl methyl sites for hydroxylation is 1. The normalized spacial score (nSPS) is 13.5. The molecule has 0 aliphatic rings. The van der Waals surface area contributed by atoms with Crippen molar-refractivity contribution in [2.45, 2.75) is 64.8 Å². The number of hydrogen-bond donors (Lipinski definition) is 1. The fraction of sp³-hybridized carbons (Fsp3) is 0.625. The lowest BCUT2D eigenvalue weighted by Crippen LogP contribution is -2.32. The van der Waals surface area contributed by atoms with Gasteiger partial charge in [-0.25, -0.2) is 13.1 Å². The lowest BCUT2D eigenvalue weighted by Gasteiger charge is -2.19. The minimum Gasteiger partial charge on any atom is -0.492 e. The summed E-state index contributed by atoms with van der Waals surface area (Å²) in [6, 6.07) is 3.47. The smallest absolute Gasteiger partial charge is 0.244 e. The van der Waals surface area contributed by atoms with E-state index in [9.17, 15) is 8.42 Å². The van der Waals surface area contributed by atoms with E-state index in [2.05, 4.69) is 18.6 Å². The van der Waals surface area contributed by atoms with E-state index in [1.54, 1.807) is 6.07 Å². The molecule has 0 spiro atoms. The number of rotatable bonds is 7. The second kappa shape index (κ2) is 7.27. The molecule has 0 heterocycles. The second-order valence-electron chi connectivity index (χ2n) is 5.67. The zero-order chi connectivity index (χ0) is 16.2. The zero-order valence-corrected chi connectivity index (χ0v) is 14.7. The van der Waals surface area contributed by atoms with Crippen molar-refractivity contribution in [1.82, 2.24) is 4.72 Å². The molecule has 1 N–H and O–H groups in total. The van der Waals surface area contributed by atoms with E-state index >= 15 is 0 Å². The summed E-state index contributed by atoms with van der Waals surface area (Å²) in [6.45, 7) is 12.2. The van der Waals surface area contributed by atoms with Gasteiger partial charge in [0.05, 0.1) is 6.61 Å². The van der Waals surface area contributed by atoms with E-state index in [1.165, 1.54) is 0 Å². The molecule has 0 saturated carbocycles. The second-order valence-corrected chi connectivity index (χ2v) is 7.36. The fourth-order valence-electron chi connectivity index (χ4n) is 2.19. The Hall–Kier alpha value is -1.07. The molecule has 21 heavy (non-hydrogen) atoms. The topological polar surface area (TPSA) is 55.4 Å². The highest BCUT2D eigenvalue weighted by molar-refractivity contribution is 7.89. The van der Waals surface area contributed by atoms with Gasteiger partial charge < -0.3 is 4.74 Å². The van der Waals surface area contributed by atoms with Crippen LogP contribution >= 0.6 is 0 Å². The van der Waals surface area contributed by atoms with Gasteiger partial charge in [-0.1, -0.05) is 20.8 Å². The van der Waals surface area contributed by atoms with E-state index < -0.39 is 10.0 Å². The van der Waals surface area contributed by atoms with Crippen molar-refractivity contribution in [1.29, 1.82) is 0 Å². The Kier molecular flexibility index (Phi) is 6.23. The van der Waals surface area contributed by atoms with Crippen LogP contribution < -0.4 is 9.46 Å². The molecule has 120 valence electrons. The summed E-state index contributed by atoms with van der Waals surface area (Å²) in [6.07, 6.45) is 0.742. The predicted octanol–water partition coefficient (Wildman–Crippen LogP) is 3.59. The van der Waals surface area contributed by atoms with Crippen LogP contribution in [0.2, 0.25) is 0 Å². The molecule has 1 aromatic carbocycles. The molecule has 0 radical (unpaired) electrons. The van der Waals surface area contributed by atoms with Crippen LogP contribution in [0.3, 0.4) is 0 Å². The summed E-state index contributed by atoms with van der Waals surface area (Å²) < 4.78 is 33.4. The Labute approximate surface area is 129 Å². The maximum atomic E-state index is 12.6. The Bertz CT molecular complexity index is 579. The van der Waals surface area contributed by atoms with Crippen LogP contribution in [0.15, 0.2) is 17.0 Å². The minimum absolute atomic E-state index is 0.103. The van der Waals surface area contributed by atoms with Crippen LogP contribution in [0.25, 0.3) is 0 Å². The van der Waals surface area contributed by atoms with Gasteiger partial charge in [0.25, 0.3) is 0 Å². The quantitative estimate of drug-likeness (QED) is 0.837. The van der Waals surface area contributed by atoms with Gasteiger partial charge in [-0.15, -0.1) is 0 Å². The zero-order valence-electron chi connectivity index (χ0n) is 13.9. The highest BCUT2D eigenvalue weighted by atomic mass is 32.2. The highest BCUT2D eigenvalue weighted by Gasteiger charge is 2.23. The van der Waals surface area contributed by atoms with Gasteiger partial charge in [-0.3, -0.25) is 0 Å². The SMILES string of the molecule is CCOc1cc(C)c(C(C)C)cc1S(=O)(=O)NC(C)CC. The summed E-state index contributed by atoms with van der Waals surface area (Å²) >= 11 is 0. The van der Waals surface area contributed by atoms with Crippen molar-refractivity contribution in [3.63, 3.8) is 0 Å². The molecule has 0 aliphatic heterocycles. The highest BCUT2D eigenvalue weighted by Crippen LogP contribution is 2.31. The summed E-state index contributed by atoms with van der Waals surface area (Å²) in [5.74, 6) is 0.688. The van der Waals surface area contributed by atoms with Crippen LogP contribution in [0.5, 0.6) is 5.75 Å². The first-order chi connectivity index (χ1) is 9.72. The Morgan fingerprint density at radius 3 is 2.29 bits per heavy atom. The molecule has 0 saturated heterocycles. The first-order valence-electron chi connectivity index (χ1n) is 7.52. The van der Waals surface area contributed by atoms with Gasteiger partial charge in [0.1, 0.15) is 10.6 Å². The largest absolute Gasteiger partial charge is 0.492 e. The monoisotopic (exact) mass is 313 g/mol. The third-order valence-corrected chi connectivity index (χ3v) is 5.12. The van der Waals surface area contributed by atoms with Crippen molar-refractivity contribution in [3.8, 4) is 5.75 Å². The van der Waals surface area contributed by atoms with Crippen LogP contribution in [-0.2, 0) is 10.0 Å². The van der Waals surface area contributed by atoms with Crippen LogP contribution in [0.1, 0.15) is 58.1 Å². The van der Waals surface area contributed by atoms with E-state index in [-0.39, 0.29) is 16.9 Å². The van der Waals surface area contributed by atoms with E-state index in [0.29, 0.717) is 12.4 Å². The van der Waals surface area contributed by atoms with Crippen LogP contribution in [-0.4, -0.2) is 21.1 Å². The fourth-order valence-corrected chi connectivity index (χ4v) is 3.68. The molecule has 4 nitrogen and oxygen atoms in total. The summed E-state index contributed by atoms with van der Waals surface area (Å²) in [7, 11) is -3.57. The minimum atomic E-state index is -3.57. The Morgan fingerprint density at radius 1 is 1.19 bits per heavy atom. The summed E-state index contributed by atoms with van der Waals surface area (Å²) in [5.41, 5.74) is 2.08. The van der Waals surface area contributed by atoms with Crippen LogP contribution in [0, 0.1) is 6.92 Å². The summed E-state index contributed by atoms with van der Waals surface area (Å²) in [5, 5.41) is 0. The van der Waals surface area contributed by atoms with Gasteiger partial charge in [0.2, 0.25) is 10.0 Å². The summed E-state index contributed by atoms with van der Waals surface area (Å²) in [4.78, 5) is 0.235. The van der Waals surface area contributed by atoms with E-state index in [0.717, 1.165) is 17.5 Å². The van der Waals surface area contributed by atoms with Crippen molar-refractivity contribution in [3.05, 3.63) is 23.3 Å².